The Hall–Kier alpha value is -2.64. The molecule has 2 heterocycles. The topological polar surface area (TPSA) is 73.7 Å². The van der Waals surface area contributed by atoms with Gasteiger partial charge in [-0.2, -0.15) is 4.31 Å². The Morgan fingerprint density at radius 1 is 0.964 bits per heavy atom. The van der Waals surface area contributed by atoms with Crippen molar-refractivity contribution in [3.63, 3.8) is 0 Å². The molecule has 1 fully saturated rings. The van der Waals surface area contributed by atoms with Gasteiger partial charge in [0.1, 0.15) is 11.3 Å². The molecule has 0 spiro atoms. The van der Waals surface area contributed by atoms with Crippen LogP contribution in [-0.4, -0.2) is 49.0 Å². The second kappa shape index (κ2) is 7.07. The molecule has 3 aromatic rings. The molecule has 0 radical (unpaired) electrons. The van der Waals surface area contributed by atoms with Gasteiger partial charge in [-0.1, -0.05) is 12.1 Å². The van der Waals surface area contributed by atoms with Crippen LogP contribution >= 0.6 is 0 Å². The number of pyridine rings is 1. The van der Waals surface area contributed by atoms with E-state index < -0.39 is 10.0 Å². The van der Waals surface area contributed by atoms with Crippen molar-refractivity contribution in [2.24, 2.45) is 0 Å². The minimum atomic E-state index is -3.67. The summed E-state index contributed by atoms with van der Waals surface area (Å²) in [4.78, 5) is 6.56. The van der Waals surface area contributed by atoms with Gasteiger partial charge in [0.25, 0.3) is 0 Å². The van der Waals surface area contributed by atoms with Gasteiger partial charge < -0.3 is 10.0 Å². The van der Waals surface area contributed by atoms with Crippen LogP contribution in [0.3, 0.4) is 0 Å². The van der Waals surface area contributed by atoms with E-state index in [0.717, 1.165) is 5.69 Å². The number of nitrogens with zero attached hydrogens (tertiary/aromatic N) is 3. The van der Waals surface area contributed by atoms with E-state index >= 15 is 0 Å². The summed E-state index contributed by atoms with van der Waals surface area (Å²) in [5, 5.41) is 10.4. The lowest BCUT2D eigenvalue weighted by atomic mass is 10.1. The summed E-state index contributed by atoms with van der Waals surface area (Å²) in [6.45, 7) is 6.29. The Morgan fingerprint density at radius 3 is 2.46 bits per heavy atom. The van der Waals surface area contributed by atoms with Crippen molar-refractivity contribution < 1.29 is 13.5 Å². The zero-order chi connectivity index (χ0) is 19.9. The molecular weight excluding hydrogens is 374 g/mol. The minimum Gasteiger partial charge on any atom is -0.506 e. The molecule has 4 rings (SSSR count). The molecule has 0 bridgehead atoms. The van der Waals surface area contributed by atoms with Gasteiger partial charge in [0.2, 0.25) is 10.0 Å². The van der Waals surface area contributed by atoms with Crippen molar-refractivity contribution in [1.29, 1.82) is 0 Å². The zero-order valence-corrected chi connectivity index (χ0v) is 16.8. The molecule has 1 aliphatic rings. The van der Waals surface area contributed by atoms with Crippen molar-refractivity contribution in [1.82, 2.24) is 9.29 Å². The van der Waals surface area contributed by atoms with Gasteiger partial charge in [-0.05, 0) is 55.3 Å². The average Bonchev–Trinajstić information content (AvgIpc) is 2.70. The molecule has 0 atom stereocenters. The highest BCUT2D eigenvalue weighted by Gasteiger charge is 2.30. The maximum atomic E-state index is 13.3. The number of piperazine rings is 1. The van der Waals surface area contributed by atoms with Crippen molar-refractivity contribution in [3.8, 4) is 5.75 Å². The largest absolute Gasteiger partial charge is 0.506 e. The Morgan fingerprint density at radius 2 is 1.71 bits per heavy atom. The van der Waals surface area contributed by atoms with Crippen LogP contribution in [0.1, 0.15) is 11.1 Å². The van der Waals surface area contributed by atoms with Crippen molar-refractivity contribution in [2.45, 2.75) is 18.7 Å². The number of rotatable bonds is 3. The SMILES string of the molecule is Cc1cccc(N2CCN(S(=O)(=O)c3ccc(O)c4ncccc34)CC2)c1C. The number of hydrogen-bond donors (Lipinski definition) is 1. The van der Waals surface area contributed by atoms with E-state index in [1.807, 2.05) is 6.07 Å². The minimum absolute atomic E-state index is 0.0192. The summed E-state index contributed by atoms with van der Waals surface area (Å²) in [6.07, 6.45) is 1.54. The Labute approximate surface area is 165 Å². The van der Waals surface area contributed by atoms with Crippen LogP contribution in [0, 0.1) is 13.8 Å². The predicted octanol–water partition coefficient (Wildman–Crippen LogP) is 3.07. The molecule has 0 saturated carbocycles. The number of phenols is 1. The standard InChI is InChI=1S/C21H23N3O3S/c1-15-5-3-7-18(16(15)2)23-11-13-24(14-12-23)28(26,27)20-9-8-19(25)21-17(20)6-4-10-22-21/h3-10,25H,11-14H2,1-2H3. The molecule has 7 heteroatoms. The first-order chi connectivity index (χ1) is 13.4. The lowest BCUT2D eigenvalue weighted by Gasteiger charge is -2.36. The number of anilines is 1. The van der Waals surface area contributed by atoms with Crippen LogP contribution in [0.4, 0.5) is 5.69 Å². The fraction of sp³-hybridized carbons (Fsp3) is 0.286. The van der Waals surface area contributed by atoms with Crippen molar-refractivity contribution in [2.75, 3.05) is 31.1 Å². The fourth-order valence-corrected chi connectivity index (χ4v) is 5.35. The van der Waals surface area contributed by atoms with Crippen LogP contribution < -0.4 is 4.90 Å². The first-order valence-corrected chi connectivity index (χ1v) is 10.7. The predicted molar refractivity (Wildman–Crippen MR) is 110 cm³/mol. The monoisotopic (exact) mass is 397 g/mol. The molecule has 0 unspecified atom stereocenters. The van der Waals surface area contributed by atoms with Crippen LogP contribution in [0.2, 0.25) is 0 Å². The Balaban J connectivity index is 1.61. The van der Waals surface area contributed by atoms with Gasteiger partial charge in [-0.15, -0.1) is 0 Å². The van der Waals surface area contributed by atoms with E-state index in [2.05, 4.69) is 35.9 Å². The molecule has 28 heavy (non-hydrogen) atoms. The first-order valence-electron chi connectivity index (χ1n) is 9.27. The summed E-state index contributed by atoms with van der Waals surface area (Å²) >= 11 is 0. The third-order valence-electron chi connectivity index (χ3n) is 5.48. The maximum absolute atomic E-state index is 13.3. The fourth-order valence-electron chi connectivity index (χ4n) is 3.74. The van der Waals surface area contributed by atoms with Crippen LogP contribution in [0.15, 0.2) is 53.6 Å². The highest BCUT2D eigenvalue weighted by Crippen LogP contribution is 2.31. The van der Waals surface area contributed by atoms with Gasteiger partial charge >= 0.3 is 0 Å². The van der Waals surface area contributed by atoms with Gasteiger partial charge in [-0.3, -0.25) is 4.98 Å². The molecule has 6 nitrogen and oxygen atoms in total. The molecule has 0 aliphatic carbocycles. The molecule has 0 amide bonds. The second-order valence-corrected chi connectivity index (χ2v) is 9.00. The van der Waals surface area contributed by atoms with Gasteiger partial charge in [0.15, 0.2) is 0 Å². The number of benzene rings is 2. The highest BCUT2D eigenvalue weighted by molar-refractivity contribution is 7.89. The summed E-state index contributed by atoms with van der Waals surface area (Å²) in [7, 11) is -3.67. The Kier molecular flexibility index (Phi) is 4.72. The highest BCUT2D eigenvalue weighted by atomic mass is 32.2. The van der Waals surface area contributed by atoms with Gasteiger partial charge in [0.05, 0.1) is 4.90 Å². The van der Waals surface area contributed by atoms with Crippen LogP contribution in [0.5, 0.6) is 5.75 Å². The first kappa shape index (κ1) is 18.7. The molecule has 1 aliphatic heterocycles. The molecule has 1 saturated heterocycles. The summed E-state index contributed by atoms with van der Waals surface area (Å²) in [5.74, 6) is -0.0192. The van der Waals surface area contributed by atoms with Gasteiger partial charge in [-0.25, -0.2) is 8.42 Å². The number of aromatic hydroxyl groups is 1. The molecule has 2 aromatic carbocycles. The number of aryl methyl sites for hydroxylation is 1. The quantitative estimate of drug-likeness (QED) is 0.735. The van der Waals surface area contributed by atoms with Crippen molar-refractivity contribution in [3.05, 3.63) is 59.8 Å². The van der Waals surface area contributed by atoms with Crippen LogP contribution in [-0.2, 0) is 10.0 Å². The maximum Gasteiger partial charge on any atom is 0.243 e. The van der Waals surface area contributed by atoms with E-state index in [9.17, 15) is 13.5 Å². The lowest BCUT2D eigenvalue weighted by Crippen LogP contribution is -2.48. The number of aromatic nitrogens is 1. The number of phenolic OH excluding ortho intramolecular Hbond substituents is 1. The zero-order valence-electron chi connectivity index (χ0n) is 16.0. The van der Waals surface area contributed by atoms with Crippen LogP contribution in [0.25, 0.3) is 10.9 Å². The van der Waals surface area contributed by atoms with E-state index in [1.54, 1.807) is 18.3 Å². The normalized spacial score (nSPS) is 15.9. The van der Waals surface area contributed by atoms with E-state index in [0.29, 0.717) is 37.1 Å². The van der Waals surface area contributed by atoms with Crippen molar-refractivity contribution >= 4 is 26.6 Å². The summed E-state index contributed by atoms with van der Waals surface area (Å²) in [5.41, 5.74) is 3.93. The number of sulfonamides is 1. The third kappa shape index (κ3) is 3.10. The molecule has 1 N–H and O–H groups in total. The smallest absolute Gasteiger partial charge is 0.243 e. The second-order valence-electron chi connectivity index (χ2n) is 7.09. The Bertz CT molecular complexity index is 1140. The number of fused-ring (bicyclic) bond motifs is 1. The lowest BCUT2D eigenvalue weighted by molar-refractivity contribution is 0.385. The molecule has 1 aromatic heterocycles. The summed E-state index contributed by atoms with van der Waals surface area (Å²) < 4.78 is 28.1. The van der Waals surface area contributed by atoms with Gasteiger partial charge in [0, 0.05) is 43.4 Å². The third-order valence-corrected chi connectivity index (χ3v) is 7.44. The van der Waals surface area contributed by atoms with E-state index in [1.165, 1.54) is 27.6 Å². The van der Waals surface area contributed by atoms with E-state index in [4.69, 9.17) is 0 Å². The summed E-state index contributed by atoms with van der Waals surface area (Å²) in [6, 6.07) is 12.4. The average molecular weight is 398 g/mol. The molecule has 146 valence electrons. The van der Waals surface area contributed by atoms with E-state index in [-0.39, 0.29) is 10.6 Å². The molecular formula is C21H23N3O3S. The number of hydrogen-bond acceptors (Lipinski definition) is 5.